The molecule has 0 saturated carbocycles. The van der Waals surface area contributed by atoms with Crippen molar-refractivity contribution in [1.82, 2.24) is 14.9 Å². The van der Waals surface area contributed by atoms with Gasteiger partial charge in [0.1, 0.15) is 0 Å². The average Bonchev–Trinajstić information content (AvgIpc) is 2.88. The average molecular weight is 440 g/mol. The van der Waals surface area contributed by atoms with Gasteiger partial charge in [-0.25, -0.2) is 4.68 Å². The van der Waals surface area contributed by atoms with Crippen molar-refractivity contribution in [2.24, 2.45) is 0 Å². The van der Waals surface area contributed by atoms with E-state index in [4.69, 9.17) is 5.84 Å². The molecule has 22 heavy (non-hydrogen) atoms. The fraction of sp³-hybridized carbons (Fsp3) is 0.0667. The van der Waals surface area contributed by atoms with Gasteiger partial charge in [0.25, 0.3) is 0 Å². The molecule has 0 unspecified atom stereocenters. The summed E-state index contributed by atoms with van der Waals surface area (Å²) in [5.41, 5.74) is 2.11. The molecule has 4 nitrogen and oxygen atoms in total. The lowest BCUT2D eigenvalue weighted by molar-refractivity contribution is 0.849. The maximum atomic E-state index is 6.14. The van der Waals surface area contributed by atoms with E-state index in [2.05, 4.69) is 48.1 Å². The van der Waals surface area contributed by atoms with Gasteiger partial charge >= 0.3 is 0 Å². The highest BCUT2D eigenvalue weighted by Crippen LogP contribution is 2.30. The maximum absolute atomic E-state index is 6.14. The summed E-state index contributed by atoms with van der Waals surface area (Å²) in [5.74, 6) is 7.56. The molecule has 0 amide bonds. The SMILES string of the molecule is Nn1c(SCc2ccccc2Br)nnc1-c1ccccc1Br. The van der Waals surface area contributed by atoms with Gasteiger partial charge in [-0.2, -0.15) is 0 Å². The van der Waals surface area contributed by atoms with Crippen molar-refractivity contribution in [3.63, 3.8) is 0 Å². The first-order valence-electron chi connectivity index (χ1n) is 6.48. The van der Waals surface area contributed by atoms with Crippen molar-refractivity contribution < 1.29 is 0 Å². The van der Waals surface area contributed by atoms with Gasteiger partial charge in [0.2, 0.25) is 5.16 Å². The number of aromatic nitrogens is 3. The Kier molecular flexibility index (Phi) is 4.85. The number of hydrogen-bond donors (Lipinski definition) is 1. The summed E-state index contributed by atoms with van der Waals surface area (Å²) in [5, 5.41) is 9.08. The maximum Gasteiger partial charge on any atom is 0.210 e. The van der Waals surface area contributed by atoms with Crippen LogP contribution in [0.25, 0.3) is 11.4 Å². The molecular weight excluding hydrogens is 428 g/mol. The van der Waals surface area contributed by atoms with E-state index in [0.717, 1.165) is 20.3 Å². The lowest BCUT2D eigenvalue weighted by atomic mass is 10.2. The van der Waals surface area contributed by atoms with Crippen LogP contribution in [-0.4, -0.2) is 14.9 Å². The van der Waals surface area contributed by atoms with Crippen LogP contribution in [0.3, 0.4) is 0 Å². The summed E-state index contributed by atoms with van der Waals surface area (Å²) in [6.07, 6.45) is 0. The van der Waals surface area contributed by atoms with Crippen LogP contribution in [0.2, 0.25) is 0 Å². The number of thioether (sulfide) groups is 1. The predicted molar refractivity (Wildman–Crippen MR) is 97.0 cm³/mol. The fourth-order valence-electron chi connectivity index (χ4n) is 1.96. The zero-order valence-electron chi connectivity index (χ0n) is 11.4. The monoisotopic (exact) mass is 438 g/mol. The van der Waals surface area contributed by atoms with Gasteiger partial charge in [0.05, 0.1) is 0 Å². The standard InChI is InChI=1S/C15H12Br2N4S/c16-12-7-3-1-5-10(12)9-22-15-20-19-14(21(15)18)11-6-2-4-8-13(11)17/h1-8H,9,18H2. The zero-order chi connectivity index (χ0) is 15.5. The molecular formula is C15H12Br2N4S. The smallest absolute Gasteiger partial charge is 0.210 e. The van der Waals surface area contributed by atoms with Crippen molar-refractivity contribution >= 4 is 43.6 Å². The van der Waals surface area contributed by atoms with Crippen LogP contribution in [0.5, 0.6) is 0 Å². The van der Waals surface area contributed by atoms with Crippen molar-refractivity contribution in [3.8, 4) is 11.4 Å². The summed E-state index contributed by atoms with van der Waals surface area (Å²) < 4.78 is 3.55. The summed E-state index contributed by atoms with van der Waals surface area (Å²) in [6.45, 7) is 0. The highest BCUT2D eigenvalue weighted by Gasteiger charge is 2.14. The molecule has 0 aliphatic carbocycles. The van der Waals surface area contributed by atoms with Gasteiger partial charge in [-0.1, -0.05) is 74.0 Å². The van der Waals surface area contributed by atoms with Gasteiger partial charge in [-0.15, -0.1) is 10.2 Å². The minimum absolute atomic E-state index is 0.641. The Bertz CT molecular complexity index is 804. The van der Waals surface area contributed by atoms with Crippen LogP contribution in [0.15, 0.2) is 62.6 Å². The summed E-state index contributed by atoms with van der Waals surface area (Å²) in [7, 11) is 0. The number of nitrogens with two attached hydrogens (primary N) is 1. The first kappa shape index (κ1) is 15.6. The number of nitrogens with zero attached hydrogens (tertiary/aromatic N) is 3. The molecule has 1 aromatic heterocycles. The molecule has 7 heteroatoms. The first-order valence-corrected chi connectivity index (χ1v) is 9.05. The Balaban J connectivity index is 1.83. The molecule has 1 heterocycles. The number of halogens is 2. The number of hydrogen-bond acceptors (Lipinski definition) is 4. The van der Waals surface area contributed by atoms with Crippen molar-refractivity contribution in [1.29, 1.82) is 0 Å². The van der Waals surface area contributed by atoms with Gasteiger partial charge in [0, 0.05) is 20.3 Å². The Morgan fingerprint density at radius 2 is 1.64 bits per heavy atom. The van der Waals surface area contributed by atoms with E-state index in [9.17, 15) is 0 Å². The molecule has 0 saturated heterocycles. The second-order valence-electron chi connectivity index (χ2n) is 4.54. The van der Waals surface area contributed by atoms with E-state index in [1.54, 1.807) is 11.8 Å². The van der Waals surface area contributed by atoms with E-state index in [1.807, 2.05) is 42.5 Å². The van der Waals surface area contributed by atoms with Crippen LogP contribution in [-0.2, 0) is 5.75 Å². The van der Waals surface area contributed by atoms with Crippen LogP contribution >= 0.6 is 43.6 Å². The Labute approximate surface area is 149 Å². The molecule has 0 radical (unpaired) electrons. The minimum Gasteiger partial charge on any atom is -0.335 e. The molecule has 0 bridgehead atoms. The zero-order valence-corrected chi connectivity index (χ0v) is 15.4. The Morgan fingerprint density at radius 3 is 2.36 bits per heavy atom. The van der Waals surface area contributed by atoms with E-state index < -0.39 is 0 Å². The van der Waals surface area contributed by atoms with Crippen molar-refractivity contribution in [2.45, 2.75) is 10.9 Å². The third-order valence-corrected chi connectivity index (χ3v) is 5.55. The van der Waals surface area contributed by atoms with Crippen LogP contribution in [0.1, 0.15) is 5.56 Å². The summed E-state index contributed by atoms with van der Waals surface area (Å²) in [6, 6.07) is 15.9. The third-order valence-electron chi connectivity index (χ3n) is 3.09. The van der Waals surface area contributed by atoms with Crippen LogP contribution < -0.4 is 5.84 Å². The highest BCUT2D eigenvalue weighted by atomic mass is 79.9. The highest BCUT2D eigenvalue weighted by molar-refractivity contribution is 9.10. The molecule has 0 fully saturated rings. The van der Waals surface area contributed by atoms with Crippen molar-refractivity contribution in [2.75, 3.05) is 5.84 Å². The van der Waals surface area contributed by atoms with E-state index in [-0.39, 0.29) is 0 Å². The first-order chi connectivity index (χ1) is 10.7. The second kappa shape index (κ2) is 6.85. The van der Waals surface area contributed by atoms with Crippen LogP contribution in [0.4, 0.5) is 0 Å². The minimum atomic E-state index is 0.641. The molecule has 0 atom stereocenters. The molecule has 0 aliphatic heterocycles. The molecule has 3 rings (SSSR count). The van der Waals surface area contributed by atoms with Crippen molar-refractivity contribution in [3.05, 3.63) is 63.0 Å². The fourth-order valence-corrected chi connectivity index (χ4v) is 3.89. The van der Waals surface area contributed by atoms with Gasteiger partial charge < -0.3 is 5.84 Å². The number of rotatable bonds is 4. The van der Waals surface area contributed by atoms with E-state index in [1.165, 1.54) is 10.2 Å². The second-order valence-corrected chi connectivity index (χ2v) is 7.19. The van der Waals surface area contributed by atoms with Gasteiger partial charge in [-0.05, 0) is 23.8 Å². The molecule has 112 valence electrons. The van der Waals surface area contributed by atoms with Gasteiger partial charge in [0.15, 0.2) is 5.82 Å². The molecule has 0 spiro atoms. The number of nitrogen functional groups attached to an aromatic ring is 1. The largest absolute Gasteiger partial charge is 0.335 e. The van der Waals surface area contributed by atoms with Gasteiger partial charge in [-0.3, -0.25) is 0 Å². The van der Waals surface area contributed by atoms with E-state index in [0.29, 0.717) is 11.0 Å². The van der Waals surface area contributed by atoms with E-state index >= 15 is 0 Å². The number of benzene rings is 2. The lowest BCUT2D eigenvalue weighted by Gasteiger charge is -2.06. The third kappa shape index (κ3) is 3.21. The molecule has 3 aromatic rings. The van der Waals surface area contributed by atoms with Crippen LogP contribution in [0, 0.1) is 0 Å². The topological polar surface area (TPSA) is 56.7 Å². The lowest BCUT2D eigenvalue weighted by Crippen LogP contribution is -2.11. The molecule has 0 aliphatic rings. The summed E-state index contributed by atoms with van der Waals surface area (Å²) >= 11 is 8.61. The Hall–Kier alpha value is -1.31. The quantitative estimate of drug-likeness (QED) is 0.481. The summed E-state index contributed by atoms with van der Waals surface area (Å²) in [4.78, 5) is 0. The molecule has 2 N–H and O–H groups in total. The molecule has 2 aromatic carbocycles. The Morgan fingerprint density at radius 1 is 0.955 bits per heavy atom. The predicted octanol–water partition coefficient (Wildman–Crippen LogP) is 4.48. The normalized spacial score (nSPS) is 10.8.